The molecule has 1 atom stereocenters. The molecular weight excluding hydrogens is 440 g/mol. The molecule has 1 aromatic heterocycles. The third-order valence-corrected chi connectivity index (χ3v) is 6.37. The normalized spacial score (nSPS) is 17.5. The highest BCUT2D eigenvalue weighted by Crippen LogP contribution is 2.30. The summed E-state index contributed by atoms with van der Waals surface area (Å²) >= 11 is 0. The minimum Gasteiger partial charge on any atom is -0.396 e. The van der Waals surface area contributed by atoms with Crippen LogP contribution in [0.4, 0.5) is 23.0 Å². The van der Waals surface area contributed by atoms with Gasteiger partial charge in [-0.05, 0) is 68.1 Å². The number of hydrogen-bond donors (Lipinski definition) is 3. The van der Waals surface area contributed by atoms with Crippen LogP contribution in [0.1, 0.15) is 25.3 Å². The largest absolute Gasteiger partial charge is 0.396 e. The number of nitrogens with zero attached hydrogens (tertiary/aromatic N) is 6. The minimum atomic E-state index is 0.180. The quantitative estimate of drug-likeness (QED) is 0.502. The number of aliphatic hydroxyl groups excluding tert-OH is 1. The van der Waals surface area contributed by atoms with Crippen molar-refractivity contribution < 1.29 is 5.11 Å². The number of hydrazine groups is 1. The van der Waals surface area contributed by atoms with E-state index in [2.05, 4.69) is 36.7 Å². The number of amidine groups is 1. The third-order valence-electron chi connectivity index (χ3n) is 6.37. The smallest absolute Gasteiger partial charge is 0.227 e. The second-order valence-electron chi connectivity index (χ2n) is 8.84. The van der Waals surface area contributed by atoms with Gasteiger partial charge in [-0.15, -0.1) is 0 Å². The lowest BCUT2D eigenvalue weighted by atomic mass is 9.97. The fourth-order valence-corrected chi connectivity index (χ4v) is 4.52. The first-order chi connectivity index (χ1) is 17.1. The van der Waals surface area contributed by atoms with Gasteiger partial charge in [0.1, 0.15) is 18.6 Å². The van der Waals surface area contributed by atoms with Crippen molar-refractivity contribution in [3.8, 4) is 17.3 Å². The summed E-state index contributed by atoms with van der Waals surface area (Å²) in [4.78, 5) is 15.6. The summed E-state index contributed by atoms with van der Waals surface area (Å²) in [6.45, 7) is 4.37. The Kier molecular flexibility index (Phi) is 6.46. The Bertz CT molecular complexity index is 1270. The minimum absolute atomic E-state index is 0.180. The van der Waals surface area contributed by atoms with E-state index >= 15 is 0 Å². The van der Waals surface area contributed by atoms with Gasteiger partial charge >= 0.3 is 0 Å². The van der Waals surface area contributed by atoms with Crippen molar-refractivity contribution in [2.45, 2.75) is 19.8 Å². The monoisotopic (exact) mass is 468 g/mol. The zero-order valence-electron chi connectivity index (χ0n) is 19.6. The Morgan fingerprint density at radius 2 is 2.06 bits per heavy atom. The molecule has 2 aliphatic rings. The number of benzene rings is 2. The summed E-state index contributed by atoms with van der Waals surface area (Å²) < 4.78 is 0. The summed E-state index contributed by atoms with van der Waals surface area (Å²) in [6, 6.07) is 18.0. The molecule has 2 aromatic carbocycles. The maximum absolute atomic E-state index is 9.82. The van der Waals surface area contributed by atoms with E-state index in [0.717, 1.165) is 60.1 Å². The Morgan fingerprint density at radius 1 is 1.20 bits per heavy atom. The first-order valence-corrected chi connectivity index (χ1v) is 11.8. The Labute approximate surface area is 204 Å². The van der Waals surface area contributed by atoms with Gasteiger partial charge in [0.2, 0.25) is 5.95 Å². The molecule has 0 saturated carbocycles. The summed E-state index contributed by atoms with van der Waals surface area (Å²) in [7, 11) is 0. The number of aliphatic imine (C=N–C) groups is 1. The van der Waals surface area contributed by atoms with Crippen LogP contribution >= 0.6 is 0 Å². The number of nitrogens with one attached hydrogen (secondary N) is 2. The molecule has 9 heteroatoms. The van der Waals surface area contributed by atoms with Gasteiger partial charge in [0.15, 0.2) is 0 Å². The van der Waals surface area contributed by atoms with E-state index in [0.29, 0.717) is 18.2 Å². The SMILES string of the molecule is CC1=NCN(c2ccc(Nc3nccc(-c4ccc(N5CCCC(CO)C5)c(C#N)c4)n3)cc2)N1. The van der Waals surface area contributed by atoms with Crippen molar-refractivity contribution in [2.75, 3.05) is 41.6 Å². The maximum atomic E-state index is 9.82. The molecule has 1 unspecified atom stereocenters. The van der Waals surface area contributed by atoms with Crippen molar-refractivity contribution in [1.29, 1.82) is 5.26 Å². The molecule has 3 N–H and O–H groups in total. The van der Waals surface area contributed by atoms with Crippen LogP contribution in [0.2, 0.25) is 0 Å². The predicted molar refractivity (Wildman–Crippen MR) is 138 cm³/mol. The fourth-order valence-electron chi connectivity index (χ4n) is 4.52. The van der Waals surface area contributed by atoms with E-state index in [-0.39, 0.29) is 12.5 Å². The lowest BCUT2D eigenvalue weighted by molar-refractivity contribution is 0.208. The summed E-state index contributed by atoms with van der Waals surface area (Å²) in [5.74, 6) is 1.64. The summed E-state index contributed by atoms with van der Waals surface area (Å²) in [5, 5.41) is 24.6. The second kappa shape index (κ2) is 9.99. The number of aromatic nitrogens is 2. The van der Waals surface area contributed by atoms with Crippen LogP contribution < -0.4 is 20.7 Å². The van der Waals surface area contributed by atoms with E-state index in [4.69, 9.17) is 0 Å². The van der Waals surface area contributed by atoms with E-state index in [1.165, 1.54) is 0 Å². The lowest BCUT2D eigenvalue weighted by Gasteiger charge is -2.34. The Hall–Kier alpha value is -4.16. The highest BCUT2D eigenvalue weighted by atomic mass is 16.3. The first-order valence-electron chi connectivity index (χ1n) is 11.8. The second-order valence-corrected chi connectivity index (χ2v) is 8.84. The van der Waals surface area contributed by atoms with Gasteiger partial charge < -0.3 is 15.3 Å². The molecule has 3 aromatic rings. The number of aliphatic hydroxyl groups is 1. The zero-order valence-corrected chi connectivity index (χ0v) is 19.6. The molecular formula is C26H28N8O. The van der Waals surface area contributed by atoms with E-state index in [1.54, 1.807) is 6.20 Å². The van der Waals surface area contributed by atoms with Crippen molar-refractivity contribution in [2.24, 2.45) is 10.9 Å². The Balaban J connectivity index is 1.32. The molecule has 0 aliphatic carbocycles. The number of piperidine rings is 1. The van der Waals surface area contributed by atoms with Crippen LogP contribution in [-0.4, -0.2) is 47.3 Å². The van der Waals surface area contributed by atoms with E-state index in [9.17, 15) is 10.4 Å². The molecule has 1 saturated heterocycles. The summed E-state index contributed by atoms with van der Waals surface area (Å²) in [6.07, 6.45) is 3.75. The lowest BCUT2D eigenvalue weighted by Crippen LogP contribution is -2.37. The highest BCUT2D eigenvalue weighted by molar-refractivity contribution is 5.83. The first kappa shape index (κ1) is 22.6. The molecule has 0 radical (unpaired) electrons. The van der Waals surface area contributed by atoms with Crippen LogP contribution in [0.3, 0.4) is 0 Å². The Morgan fingerprint density at radius 3 is 2.80 bits per heavy atom. The molecule has 3 heterocycles. The molecule has 178 valence electrons. The molecule has 0 spiro atoms. The molecule has 5 rings (SSSR count). The van der Waals surface area contributed by atoms with Crippen LogP contribution in [-0.2, 0) is 0 Å². The molecule has 0 amide bonds. The molecule has 35 heavy (non-hydrogen) atoms. The molecule has 1 fully saturated rings. The van der Waals surface area contributed by atoms with Gasteiger partial charge in [-0.1, -0.05) is 6.07 Å². The molecule has 9 nitrogen and oxygen atoms in total. The van der Waals surface area contributed by atoms with Gasteiger partial charge in [0.05, 0.1) is 22.6 Å². The van der Waals surface area contributed by atoms with Gasteiger partial charge in [-0.2, -0.15) is 5.26 Å². The number of nitriles is 1. The van der Waals surface area contributed by atoms with Crippen LogP contribution in [0.15, 0.2) is 59.7 Å². The van der Waals surface area contributed by atoms with Crippen molar-refractivity contribution >= 4 is 28.8 Å². The molecule has 0 bridgehead atoms. The van der Waals surface area contributed by atoms with E-state index < -0.39 is 0 Å². The van der Waals surface area contributed by atoms with Crippen molar-refractivity contribution in [3.05, 3.63) is 60.3 Å². The number of anilines is 4. The summed E-state index contributed by atoms with van der Waals surface area (Å²) in [5.41, 5.74) is 8.22. The average Bonchev–Trinajstić information content (AvgIpc) is 3.35. The van der Waals surface area contributed by atoms with Gasteiger partial charge in [-0.25, -0.2) is 15.0 Å². The van der Waals surface area contributed by atoms with E-state index in [1.807, 2.05) is 60.5 Å². The average molecular weight is 469 g/mol. The standard InChI is InChI=1S/C26H28N8O/c1-18-29-17-34(32-18)23-7-5-22(6-8-23)30-26-28-11-10-24(31-26)20-4-9-25(21(13-20)14-27)33-12-2-3-19(15-33)16-35/h4-11,13,19,35H,2-3,12,15-17H2,1H3,(H,29,32)(H,28,30,31). The highest BCUT2D eigenvalue weighted by Gasteiger charge is 2.22. The van der Waals surface area contributed by atoms with Gasteiger partial charge in [0.25, 0.3) is 0 Å². The maximum Gasteiger partial charge on any atom is 0.227 e. The van der Waals surface area contributed by atoms with Crippen LogP contribution in [0.5, 0.6) is 0 Å². The van der Waals surface area contributed by atoms with Crippen molar-refractivity contribution in [3.63, 3.8) is 0 Å². The topological polar surface area (TPSA) is 113 Å². The van der Waals surface area contributed by atoms with Gasteiger partial charge in [-0.3, -0.25) is 10.4 Å². The predicted octanol–water partition coefficient (Wildman–Crippen LogP) is 3.67. The van der Waals surface area contributed by atoms with Gasteiger partial charge in [0, 0.05) is 37.1 Å². The van der Waals surface area contributed by atoms with Crippen LogP contribution in [0, 0.1) is 17.2 Å². The fraction of sp³-hybridized carbons (Fsp3) is 0.308. The molecule has 2 aliphatic heterocycles. The third kappa shape index (κ3) is 5.03. The number of rotatable bonds is 6. The van der Waals surface area contributed by atoms with Crippen molar-refractivity contribution in [1.82, 2.24) is 15.4 Å². The van der Waals surface area contributed by atoms with Crippen LogP contribution in [0.25, 0.3) is 11.3 Å². The zero-order chi connectivity index (χ0) is 24.2. The number of hydrogen-bond acceptors (Lipinski definition) is 9.